The van der Waals surface area contributed by atoms with Crippen LogP contribution in [-0.4, -0.2) is 23.4 Å². The number of benzene rings is 1. The van der Waals surface area contributed by atoms with Gasteiger partial charge in [-0.2, -0.15) is 11.8 Å². The summed E-state index contributed by atoms with van der Waals surface area (Å²) in [7, 11) is 0. The first-order valence-corrected chi connectivity index (χ1v) is 6.32. The van der Waals surface area contributed by atoms with Crippen molar-refractivity contribution in [2.24, 2.45) is 5.84 Å². The first-order valence-electron chi connectivity index (χ1n) is 5.17. The molecule has 0 spiro atoms. The second-order valence-electron chi connectivity index (χ2n) is 3.41. The number of nitrogens with two attached hydrogens (primary N) is 1. The number of nitrogens with one attached hydrogen (secondary N) is 1. The number of aliphatic hydroxyl groups is 1. The molecule has 0 atom stereocenters. The summed E-state index contributed by atoms with van der Waals surface area (Å²) >= 11 is 1.51. The number of hydrogen-bond acceptors (Lipinski definition) is 4. The third-order valence-electron chi connectivity index (χ3n) is 2.14. The van der Waals surface area contributed by atoms with Crippen molar-refractivity contribution in [3.05, 3.63) is 35.1 Å². The summed E-state index contributed by atoms with van der Waals surface area (Å²) in [5.41, 5.74) is 2.81. The quantitative estimate of drug-likeness (QED) is 0.308. The van der Waals surface area contributed by atoms with Crippen LogP contribution in [0.5, 0.6) is 0 Å². The monoisotopic (exact) mass is 258 g/mol. The predicted octanol–water partition coefficient (Wildman–Crippen LogP) is 1.04. The van der Waals surface area contributed by atoms with Crippen LogP contribution in [0.3, 0.4) is 0 Å². The SMILES string of the molecule is NNC(=O)c1ccc(F)c(CSCCCO)c1. The highest BCUT2D eigenvalue weighted by atomic mass is 32.2. The topological polar surface area (TPSA) is 75.3 Å². The van der Waals surface area contributed by atoms with Gasteiger partial charge in [0.05, 0.1) is 0 Å². The average Bonchev–Trinajstić information content (AvgIpc) is 2.35. The second kappa shape index (κ2) is 7.26. The number of thioether (sulfide) groups is 1. The molecule has 0 radical (unpaired) electrons. The summed E-state index contributed by atoms with van der Waals surface area (Å²) in [5.74, 6) is 5.45. The number of carbonyl (C=O) groups is 1. The number of rotatable bonds is 6. The van der Waals surface area contributed by atoms with Crippen LogP contribution in [0, 0.1) is 5.82 Å². The van der Waals surface area contributed by atoms with Crippen LogP contribution in [0.25, 0.3) is 0 Å². The summed E-state index contributed by atoms with van der Waals surface area (Å²) in [6, 6.07) is 4.13. The lowest BCUT2D eigenvalue weighted by Gasteiger charge is -2.06. The molecule has 6 heteroatoms. The highest BCUT2D eigenvalue weighted by molar-refractivity contribution is 7.98. The molecule has 1 aromatic carbocycles. The Morgan fingerprint density at radius 2 is 2.29 bits per heavy atom. The number of halogens is 1. The number of hydrazine groups is 1. The van der Waals surface area contributed by atoms with E-state index in [0.29, 0.717) is 23.3 Å². The van der Waals surface area contributed by atoms with Crippen molar-refractivity contribution in [2.45, 2.75) is 12.2 Å². The van der Waals surface area contributed by atoms with E-state index in [9.17, 15) is 9.18 Å². The normalized spacial score (nSPS) is 10.3. The summed E-state index contributed by atoms with van der Waals surface area (Å²) < 4.78 is 13.4. The Labute approximate surface area is 103 Å². The van der Waals surface area contributed by atoms with Crippen LogP contribution < -0.4 is 11.3 Å². The van der Waals surface area contributed by atoms with Crippen LogP contribution in [0.15, 0.2) is 18.2 Å². The molecule has 1 aromatic rings. The van der Waals surface area contributed by atoms with Crippen LogP contribution >= 0.6 is 11.8 Å². The maximum atomic E-state index is 13.4. The number of carbonyl (C=O) groups excluding carboxylic acids is 1. The van der Waals surface area contributed by atoms with E-state index in [2.05, 4.69) is 0 Å². The second-order valence-corrected chi connectivity index (χ2v) is 4.51. The molecule has 1 rings (SSSR count). The smallest absolute Gasteiger partial charge is 0.265 e. The minimum Gasteiger partial charge on any atom is -0.396 e. The van der Waals surface area contributed by atoms with Crippen molar-refractivity contribution < 1.29 is 14.3 Å². The molecule has 0 aliphatic carbocycles. The fourth-order valence-corrected chi connectivity index (χ4v) is 2.18. The van der Waals surface area contributed by atoms with Crippen molar-refractivity contribution in [3.63, 3.8) is 0 Å². The predicted molar refractivity (Wildman–Crippen MR) is 65.9 cm³/mol. The van der Waals surface area contributed by atoms with E-state index in [0.717, 1.165) is 5.75 Å². The highest BCUT2D eigenvalue weighted by Crippen LogP contribution is 2.18. The summed E-state index contributed by atoms with van der Waals surface area (Å²) in [4.78, 5) is 11.3. The zero-order valence-corrected chi connectivity index (χ0v) is 10.1. The molecule has 0 bridgehead atoms. The maximum absolute atomic E-state index is 13.4. The van der Waals surface area contributed by atoms with E-state index < -0.39 is 5.91 Å². The van der Waals surface area contributed by atoms with Gasteiger partial charge in [0.1, 0.15) is 5.82 Å². The van der Waals surface area contributed by atoms with Crippen molar-refractivity contribution in [3.8, 4) is 0 Å². The molecule has 0 unspecified atom stereocenters. The Bertz CT molecular complexity index is 388. The van der Waals surface area contributed by atoms with E-state index in [-0.39, 0.29) is 12.4 Å². The Balaban J connectivity index is 2.66. The zero-order chi connectivity index (χ0) is 12.7. The fourth-order valence-electron chi connectivity index (χ4n) is 1.26. The van der Waals surface area contributed by atoms with Gasteiger partial charge in [-0.3, -0.25) is 10.2 Å². The molecule has 0 heterocycles. The van der Waals surface area contributed by atoms with Crippen molar-refractivity contribution >= 4 is 17.7 Å². The van der Waals surface area contributed by atoms with Crippen molar-refractivity contribution in [1.82, 2.24) is 5.43 Å². The van der Waals surface area contributed by atoms with Gasteiger partial charge in [0.15, 0.2) is 0 Å². The lowest BCUT2D eigenvalue weighted by atomic mass is 10.1. The molecule has 0 saturated carbocycles. The lowest BCUT2D eigenvalue weighted by molar-refractivity contribution is 0.0953. The van der Waals surface area contributed by atoms with Crippen LogP contribution in [0.4, 0.5) is 4.39 Å². The Hall–Kier alpha value is -1.11. The van der Waals surface area contributed by atoms with Gasteiger partial charge in [-0.15, -0.1) is 0 Å². The summed E-state index contributed by atoms with van der Waals surface area (Å²) in [6.45, 7) is 0.130. The fraction of sp³-hybridized carbons (Fsp3) is 0.364. The number of aliphatic hydroxyl groups excluding tert-OH is 1. The standard InChI is InChI=1S/C11H15FN2O2S/c12-10-3-2-8(11(16)14-13)6-9(10)7-17-5-1-4-15/h2-3,6,15H,1,4-5,7,13H2,(H,14,16). The summed E-state index contributed by atoms with van der Waals surface area (Å²) in [6.07, 6.45) is 0.676. The average molecular weight is 258 g/mol. The van der Waals surface area contributed by atoms with E-state index in [4.69, 9.17) is 10.9 Å². The van der Waals surface area contributed by atoms with Crippen LogP contribution in [0.2, 0.25) is 0 Å². The van der Waals surface area contributed by atoms with Crippen LogP contribution in [0.1, 0.15) is 22.3 Å². The third-order valence-corrected chi connectivity index (χ3v) is 3.24. The van der Waals surface area contributed by atoms with Crippen LogP contribution in [-0.2, 0) is 5.75 Å². The Morgan fingerprint density at radius 1 is 1.53 bits per heavy atom. The van der Waals surface area contributed by atoms with Gasteiger partial charge in [-0.25, -0.2) is 10.2 Å². The van der Waals surface area contributed by atoms with E-state index in [1.54, 1.807) is 0 Å². The van der Waals surface area contributed by atoms with Gasteiger partial charge < -0.3 is 5.11 Å². The first kappa shape index (κ1) is 14.0. The molecule has 4 N–H and O–H groups in total. The molecule has 0 fully saturated rings. The minimum absolute atomic E-state index is 0.130. The number of amides is 1. The first-order chi connectivity index (χ1) is 8.19. The van der Waals surface area contributed by atoms with Gasteiger partial charge in [-0.1, -0.05) is 0 Å². The Kier molecular flexibility index (Phi) is 5.96. The van der Waals surface area contributed by atoms with Crippen molar-refractivity contribution in [1.29, 1.82) is 0 Å². The third kappa shape index (κ3) is 4.33. The number of nitrogen functional groups attached to an aromatic ring is 1. The molecule has 17 heavy (non-hydrogen) atoms. The van der Waals surface area contributed by atoms with E-state index in [1.165, 1.54) is 30.0 Å². The summed E-state index contributed by atoms with van der Waals surface area (Å²) in [5, 5.41) is 8.61. The molecule has 0 aliphatic rings. The van der Waals surface area contributed by atoms with Gasteiger partial charge in [0, 0.05) is 17.9 Å². The van der Waals surface area contributed by atoms with Gasteiger partial charge in [0.25, 0.3) is 5.91 Å². The largest absolute Gasteiger partial charge is 0.396 e. The molecular formula is C11H15FN2O2S. The van der Waals surface area contributed by atoms with Crippen molar-refractivity contribution in [2.75, 3.05) is 12.4 Å². The van der Waals surface area contributed by atoms with E-state index >= 15 is 0 Å². The molecule has 0 aliphatic heterocycles. The van der Waals surface area contributed by atoms with Gasteiger partial charge in [-0.05, 0) is 35.9 Å². The van der Waals surface area contributed by atoms with Gasteiger partial charge in [0.2, 0.25) is 0 Å². The molecule has 1 amide bonds. The molecule has 0 aromatic heterocycles. The van der Waals surface area contributed by atoms with Gasteiger partial charge >= 0.3 is 0 Å². The van der Waals surface area contributed by atoms with E-state index in [1.807, 2.05) is 5.43 Å². The molecule has 4 nitrogen and oxygen atoms in total. The highest BCUT2D eigenvalue weighted by Gasteiger charge is 2.08. The molecule has 0 saturated heterocycles. The zero-order valence-electron chi connectivity index (χ0n) is 9.28. The minimum atomic E-state index is -0.438. The number of hydrogen-bond donors (Lipinski definition) is 3. The lowest BCUT2D eigenvalue weighted by Crippen LogP contribution is -2.30. The maximum Gasteiger partial charge on any atom is 0.265 e. The molecular weight excluding hydrogens is 243 g/mol. The molecule has 94 valence electrons. The Morgan fingerprint density at radius 3 is 2.94 bits per heavy atom.